The number of anilines is 1. The lowest BCUT2D eigenvalue weighted by Gasteiger charge is -2.31. The van der Waals surface area contributed by atoms with Crippen LogP contribution in [0, 0.1) is 5.92 Å². The quantitative estimate of drug-likeness (QED) is 0.746. The third-order valence-corrected chi connectivity index (χ3v) is 6.66. The van der Waals surface area contributed by atoms with Crippen molar-refractivity contribution >= 4 is 27.5 Å². The monoisotopic (exact) mass is 416 g/mol. The summed E-state index contributed by atoms with van der Waals surface area (Å²) < 4.78 is 27.3. The Balaban J connectivity index is 1.64. The summed E-state index contributed by atoms with van der Waals surface area (Å²) in [5.41, 5.74) is 1.47. The van der Waals surface area contributed by atoms with Crippen LogP contribution in [-0.4, -0.2) is 42.6 Å². The highest BCUT2D eigenvalue weighted by Gasteiger charge is 2.33. The molecule has 3 rings (SSSR count). The average Bonchev–Trinajstić information content (AvgIpc) is 2.73. The fourth-order valence-electron chi connectivity index (χ4n) is 3.27. The van der Waals surface area contributed by atoms with Gasteiger partial charge in [0, 0.05) is 44.6 Å². The van der Waals surface area contributed by atoms with Gasteiger partial charge in [-0.05, 0) is 54.8 Å². The van der Waals surface area contributed by atoms with E-state index in [0.29, 0.717) is 31.6 Å². The minimum Gasteiger partial charge on any atom is -0.352 e. The summed E-state index contributed by atoms with van der Waals surface area (Å²) in [4.78, 5) is 27.7. The van der Waals surface area contributed by atoms with E-state index < -0.39 is 10.0 Å². The lowest BCUT2D eigenvalue weighted by molar-refractivity contribution is -0.126. The zero-order chi connectivity index (χ0) is 20.9. The minimum atomic E-state index is -3.71. The van der Waals surface area contributed by atoms with Crippen LogP contribution >= 0.6 is 0 Å². The lowest BCUT2D eigenvalue weighted by atomic mass is 9.99. The Labute approximate surface area is 170 Å². The van der Waals surface area contributed by atoms with E-state index in [2.05, 4.69) is 15.6 Å². The van der Waals surface area contributed by atoms with Crippen LogP contribution in [0.1, 0.15) is 25.3 Å². The second kappa shape index (κ2) is 9.15. The smallest absolute Gasteiger partial charge is 0.243 e. The molecule has 0 bridgehead atoms. The summed E-state index contributed by atoms with van der Waals surface area (Å²) >= 11 is 0. The van der Waals surface area contributed by atoms with Gasteiger partial charge in [-0.15, -0.1) is 0 Å². The van der Waals surface area contributed by atoms with Gasteiger partial charge in [-0.2, -0.15) is 4.31 Å². The summed E-state index contributed by atoms with van der Waals surface area (Å²) in [6, 6.07) is 9.68. The molecular formula is C20H24N4O4S. The summed E-state index contributed by atoms with van der Waals surface area (Å²) in [5, 5.41) is 5.49. The Kier molecular flexibility index (Phi) is 6.60. The number of hydrogen-bond acceptors (Lipinski definition) is 5. The highest BCUT2D eigenvalue weighted by molar-refractivity contribution is 7.89. The van der Waals surface area contributed by atoms with Gasteiger partial charge in [0.1, 0.15) is 0 Å². The Morgan fingerprint density at radius 2 is 1.83 bits per heavy atom. The third-order valence-electron chi connectivity index (χ3n) is 4.78. The van der Waals surface area contributed by atoms with Gasteiger partial charge in [-0.1, -0.05) is 0 Å². The Hall–Kier alpha value is -2.78. The number of aromatic nitrogens is 1. The maximum atomic E-state index is 13.0. The van der Waals surface area contributed by atoms with E-state index in [1.165, 1.54) is 23.4 Å². The van der Waals surface area contributed by atoms with E-state index in [1.54, 1.807) is 24.5 Å². The van der Waals surface area contributed by atoms with Crippen molar-refractivity contribution in [3.63, 3.8) is 0 Å². The predicted molar refractivity (Wildman–Crippen MR) is 108 cm³/mol. The summed E-state index contributed by atoms with van der Waals surface area (Å²) in [6.45, 7) is 2.30. The SMILES string of the molecule is CC(=O)Nc1ccc(S(=O)(=O)N2CCC[C@@H](C(=O)NCc3ccncc3)C2)cc1. The van der Waals surface area contributed by atoms with Crippen LogP contribution in [0.15, 0.2) is 53.7 Å². The first-order chi connectivity index (χ1) is 13.9. The number of benzene rings is 1. The van der Waals surface area contributed by atoms with Gasteiger partial charge in [0.2, 0.25) is 21.8 Å². The summed E-state index contributed by atoms with van der Waals surface area (Å²) in [7, 11) is -3.71. The van der Waals surface area contributed by atoms with Crippen LogP contribution in [0.3, 0.4) is 0 Å². The first kappa shape index (κ1) is 20.9. The molecule has 1 aromatic carbocycles. The number of rotatable bonds is 6. The van der Waals surface area contributed by atoms with Crippen LogP contribution in [0.4, 0.5) is 5.69 Å². The van der Waals surface area contributed by atoms with Gasteiger partial charge in [-0.3, -0.25) is 14.6 Å². The van der Waals surface area contributed by atoms with Crippen molar-refractivity contribution in [2.24, 2.45) is 5.92 Å². The minimum absolute atomic E-state index is 0.143. The summed E-state index contributed by atoms with van der Waals surface area (Å²) in [6.07, 6.45) is 4.59. The second-order valence-electron chi connectivity index (χ2n) is 6.98. The maximum Gasteiger partial charge on any atom is 0.243 e. The van der Waals surface area contributed by atoms with Gasteiger partial charge in [-0.25, -0.2) is 8.42 Å². The molecule has 154 valence electrons. The molecule has 2 amide bonds. The normalized spacial score (nSPS) is 17.5. The van der Waals surface area contributed by atoms with E-state index in [1.807, 2.05) is 12.1 Å². The van der Waals surface area contributed by atoms with Gasteiger partial charge >= 0.3 is 0 Å². The lowest BCUT2D eigenvalue weighted by Crippen LogP contribution is -2.45. The number of nitrogens with one attached hydrogen (secondary N) is 2. The van der Waals surface area contributed by atoms with Crippen molar-refractivity contribution in [2.75, 3.05) is 18.4 Å². The average molecular weight is 417 g/mol. The van der Waals surface area contributed by atoms with Gasteiger partial charge in [0.15, 0.2) is 0 Å². The van der Waals surface area contributed by atoms with Crippen molar-refractivity contribution < 1.29 is 18.0 Å². The molecule has 8 nitrogen and oxygen atoms in total. The van der Waals surface area contributed by atoms with Crippen molar-refractivity contribution in [1.82, 2.24) is 14.6 Å². The second-order valence-corrected chi connectivity index (χ2v) is 8.92. The standard InChI is InChI=1S/C20H24N4O4S/c1-15(25)23-18-4-6-19(7-5-18)29(27,28)24-12-2-3-17(14-24)20(26)22-13-16-8-10-21-11-9-16/h4-11,17H,2-3,12-14H2,1H3,(H,22,26)(H,23,25)/t17-/m1/s1. The topological polar surface area (TPSA) is 108 Å². The number of amides is 2. The van der Waals surface area contributed by atoms with Crippen LogP contribution in [-0.2, 0) is 26.2 Å². The fraction of sp³-hybridized carbons (Fsp3) is 0.350. The van der Waals surface area contributed by atoms with Crippen LogP contribution in [0.25, 0.3) is 0 Å². The van der Waals surface area contributed by atoms with Crippen molar-refractivity contribution in [3.05, 3.63) is 54.4 Å². The van der Waals surface area contributed by atoms with Gasteiger partial charge < -0.3 is 10.6 Å². The molecule has 2 aromatic rings. The molecule has 1 aromatic heterocycles. The van der Waals surface area contributed by atoms with E-state index in [4.69, 9.17) is 0 Å². The number of carbonyl (C=O) groups is 2. The molecule has 0 spiro atoms. The number of nitrogens with zero attached hydrogens (tertiary/aromatic N) is 2. The molecule has 1 atom stereocenters. The molecular weight excluding hydrogens is 392 g/mol. The number of hydrogen-bond donors (Lipinski definition) is 2. The first-order valence-electron chi connectivity index (χ1n) is 9.40. The largest absolute Gasteiger partial charge is 0.352 e. The number of pyridine rings is 1. The molecule has 1 aliphatic rings. The highest BCUT2D eigenvalue weighted by Crippen LogP contribution is 2.25. The van der Waals surface area contributed by atoms with E-state index in [-0.39, 0.29) is 29.2 Å². The van der Waals surface area contributed by atoms with Gasteiger partial charge in [0.05, 0.1) is 10.8 Å². The Bertz CT molecular complexity index is 962. The van der Waals surface area contributed by atoms with Crippen LogP contribution < -0.4 is 10.6 Å². The highest BCUT2D eigenvalue weighted by atomic mass is 32.2. The Morgan fingerprint density at radius 3 is 2.48 bits per heavy atom. The molecule has 0 unspecified atom stereocenters. The predicted octanol–water partition coefficient (Wildman–Crippen LogP) is 1.76. The zero-order valence-corrected chi connectivity index (χ0v) is 17.0. The number of carbonyl (C=O) groups excluding carboxylic acids is 2. The Morgan fingerprint density at radius 1 is 1.14 bits per heavy atom. The van der Waals surface area contributed by atoms with Crippen LogP contribution in [0.5, 0.6) is 0 Å². The molecule has 2 heterocycles. The van der Waals surface area contributed by atoms with Crippen molar-refractivity contribution in [1.29, 1.82) is 0 Å². The zero-order valence-electron chi connectivity index (χ0n) is 16.2. The first-order valence-corrected chi connectivity index (χ1v) is 10.8. The number of piperidine rings is 1. The third kappa shape index (κ3) is 5.39. The van der Waals surface area contributed by atoms with E-state index in [0.717, 1.165) is 5.56 Å². The molecule has 1 saturated heterocycles. The van der Waals surface area contributed by atoms with E-state index in [9.17, 15) is 18.0 Å². The molecule has 0 aliphatic carbocycles. The molecule has 0 saturated carbocycles. The van der Waals surface area contributed by atoms with Crippen molar-refractivity contribution in [3.8, 4) is 0 Å². The van der Waals surface area contributed by atoms with E-state index >= 15 is 0 Å². The molecule has 1 fully saturated rings. The molecule has 29 heavy (non-hydrogen) atoms. The molecule has 0 radical (unpaired) electrons. The van der Waals surface area contributed by atoms with Crippen molar-refractivity contribution in [2.45, 2.75) is 31.2 Å². The molecule has 1 aliphatic heterocycles. The maximum absolute atomic E-state index is 13.0. The van der Waals surface area contributed by atoms with Crippen LogP contribution in [0.2, 0.25) is 0 Å². The van der Waals surface area contributed by atoms with Gasteiger partial charge in [0.25, 0.3) is 0 Å². The molecule has 2 N–H and O–H groups in total. The summed E-state index contributed by atoms with van der Waals surface area (Å²) in [5.74, 6) is -0.765. The fourth-order valence-corrected chi connectivity index (χ4v) is 4.80. The molecule has 9 heteroatoms. The number of sulfonamides is 1.